The summed E-state index contributed by atoms with van der Waals surface area (Å²) >= 11 is 1.72. The van der Waals surface area contributed by atoms with Gasteiger partial charge in [-0.3, -0.25) is 9.59 Å². The van der Waals surface area contributed by atoms with Crippen LogP contribution in [-0.4, -0.2) is 21.8 Å². The Balaban J connectivity index is 1.49. The average molecular weight is 422 g/mol. The van der Waals surface area contributed by atoms with Crippen molar-refractivity contribution in [3.63, 3.8) is 0 Å². The Hall–Kier alpha value is -3.97. The summed E-state index contributed by atoms with van der Waals surface area (Å²) in [6, 6.07) is 21.7. The van der Waals surface area contributed by atoms with Crippen molar-refractivity contribution in [3.8, 4) is 0 Å². The van der Waals surface area contributed by atoms with Gasteiger partial charge >= 0.3 is 0 Å². The molecular formula is C24H14N4O2S. The van der Waals surface area contributed by atoms with E-state index in [0.29, 0.717) is 16.8 Å². The molecule has 0 unspecified atom stereocenters. The van der Waals surface area contributed by atoms with E-state index in [1.165, 1.54) is 18.7 Å². The van der Waals surface area contributed by atoms with Crippen molar-refractivity contribution in [1.82, 2.24) is 9.97 Å². The Kier molecular flexibility index (Phi) is 3.91. The molecule has 4 aromatic rings. The van der Waals surface area contributed by atoms with Crippen LogP contribution in [0, 0.1) is 0 Å². The third-order valence-corrected chi connectivity index (χ3v) is 6.50. The van der Waals surface area contributed by atoms with Crippen LogP contribution < -0.4 is 9.80 Å². The number of carbonyl (C=O) groups excluding carboxylic acids is 2. The quantitative estimate of drug-likeness (QED) is 0.364. The standard InChI is InChI=1S/C24H14N4O2S/c29-23-17-10-9-15(11-18(17)24(30)28(23)16-12-25-14-26-13-16)27-19-5-1-3-7-21(19)31-22-8-4-2-6-20(22)27/h1-14H. The topological polar surface area (TPSA) is 66.4 Å². The number of para-hydroxylation sites is 2. The zero-order valence-electron chi connectivity index (χ0n) is 16.1. The van der Waals surface area contributed by atoms with Crippen LogP contribution in [0.15, 0.2) is 95.2 Å². The van der Waals surface area contributed by atoms with E-state index in [9.17, 15) is 9.59 Å². The highest BCUT2D eigenvalue weighted by Crippen LogP contribution is 2.51. The number of carbonyl (C=O) groups is 2. The van der Waals surface area contributed by atoms with Crippen LogP contribution in [0.4, 0.5) is 22.7 Å². The van der Waals surface area contributed by atoms with Crippen molar-refractivity contribution in [3.05, 3.63) is 96.6 Å². The molecule has 7 heteroatoms. The number of rotatable bonds is 2. The van der Waals surface area contributed by atoms with Gasteiger partial charge in [-0.1, -0.05) is 36.0 Å². The highest BCUT2D eigenvalue weighted by molar-refractivity contribution is 7.99. The molecule has 2 amide bonds. The van der Waals surface area contributed by atoms with Crippen molar-refractivity contribution >= 4 is 46.3 Å². The van der Waals surface area contributed by atoms with E-state index in [0.717, 1.165) is 31.8 Å². The Morgan fingerprint density at radius 3 is 1.94 bits per heavy atom. The minimum atomic E-state index is -0.371. The van der Waals surface area contributed by atoms with E-state index < -0.39 is 0 Å². The zero-order chi connectivity index (χ0) is 20.9. The maximum Gasteiger partial charge on any atom is 0.266 e. The van der Waals surface area contributed by atoms with Gasteiger partial charge in [0.2, 0.25) is 0 Å². The molecular weight excluding hydrogens is 408 g/mol. The summed E-state index contributed by atoms with van der Waals surface area (Å²) in [7, 11) is 0. The van der Waals surface area contributed by atoms with Crippen LogP contribution in [-0.2, 0) is 0 Å². The maximum absolute atomic E-state index is 13.2. The monoisotopic (exact) mass is 422 g/mol. The van der Waals surface area contributed by atoms with E-state index in [1.54, 1.807) is 23.9 Å². The van der Waals surface area contributed by atoms with E-state index >= 15 is 0 Å². The Morgan fingerprint density at radius 1 is 0.645 bits per heavy atom. The van der Waals surface area contributed by atoms with Crippen molar-refractivity contribution in [2.24, 2.45) is 0 Å². The SMILES string of the molecule is O=C1c2ccc(N3c4ccccc4Sc4ccccc43)cc2C(=O)N1c1cncnc1. The zero-order valence-corrected chi connectivity index (χ0v) is 16.9. The van der Waals surface area contributed by atoms with Crippen LogP contribution in [0.3, 0.4) is 0 Å². The minimum absolute atomic E-state index is 0.361. The van der Waals surface area contributed by atoms with Gasteiger partial charge in [0.1, 0.15) is 6.33 Å². The lowest BCUT2D eigenvalue weighted by molar-refractivity contribution is 0.0926. The number of fused-ring (bicyclic) bond motifs is 3. The summed E-state index contributed by atoms with van der Waals surface area (Å²) in [6.07, 6.45) is 4.29. The molecule has 0 fully saturated rings. The van der Waals surface area contributed by atoms with E-state index in [2.05, 4.69) is 39.1 Å². The van der Waals surface area contributed by atoms with Gasteiger partial charge in [0.25, 0.3) is 11.8 Å². The minimum Gasteiger partial charge on any atom is -0.308 e. The number of aromatic nitrogens is 2. The third kappa shape index (κ3) is 2.67. The van der Waals surface area contributed by atoms with Crippen LogP contribution in [0.1, 0.15) is 20.7 Å². The second kappa shape index (κ2) is 6.78. The van der Waals surface area contributed by atoms with Crippen LogP contribution in [0.2, 0.25) is 0 Å². The number of imide groups is 1. The summed E-state index contributed by atoms with van der Waals surface area (Å²) < 4.78 is 0. The van der Waals surface area contributed by atoms with Crippen molar-refractivity contribution < 1.29 is 9.59 Å². The number of nitrogens with zero attached hydrogens (tertiary/aromatic N) is 4. The maximum atomic E-state index is 13.2. The summed E-state index contributed by atoms with van der Waals surface area (Å²) in [4.78, 5) is 39.5. The molecule has 0 bridgehead atoms. The van der Waals surface area contributed by atoms with Gasteiger partial charge in [-0.2, -0.15) is 0 Å². The summed E-state index contributed by atoms with van der Waals surface area (Å²) in [5.41, 5.74) is 4.02. The van der Waals surface area contributed by atoms with Crippen molar-refractivity contribution in [2.75, 3.05) is 9.80 Å². The molecule has 0 aliphatic carbocycles. The molecule has 6 rings (SSSR count). The molecule has 1 aromatic heterocycles. The lowest BCUT2D eigenvalue weighted by atomic mass is 10.1. The summed E-state index contributed by atoms with van der Waals surface area (Å²) in [6.45, 7) is 0. The first kappa shape index (κ1) is 17.9. The lowest BCUT2D eigenvalue weighted by Gasteiger charge is -2.32. The molecule has 148 valence electrons. The van der Waals surface area contributed by atoms with E-state index in [4.69, 9.17) is 0 Å². The fourth-order valence-corrected chi connectivity index (χ4v) is 5.05. The molecule has 0 spiro atoms. The smallest absolute Gasteiger partial charge is 0.266 e. The first-order chi connectivity index (χ1) is 15.2. The molecule has 2 aliphatic heterocycles. The number of amides is 2. The van der Waals surface area contributed by atoms with Crippen molar-refractivity contribution in [1.29, 1.82) is 0 Å². The van der Waals surface area contributed by atoms with Gasteiger partial charge in [-0.25, -0.2) is 14.9 Å². The number of hydrogen-bond donors (Lipinski definition) is 0. The van der Waals surface area contributed by atoms with E-state index in [1.807, 2.05) is 30.3 Å². The van der Waals surface area contributed by atoms with Gasteiger partial charge in [0.15, 0.2) is 0 Å². The van der Waals surface area contributed by atoms with E-state index in [-0.39, 0.29) is 11.8 Å². The van der Waals surface area contributed by atoms with Gasteiger partial charge in [0, 0.05) is 15.5 Å². The first-order valence-electron chi connectivity index (χ1n) is 9.66. The average Bonchev–Trinajstić information content (AvgIpc) is 3.07. The largest absolute Gasteiger partial charge is 0.308 e. The fraction of sp³-hybridized carbons (Fsp3) is 0. The molecule has 0 atom stereocenters. The molecule has 0 saturated heterocycles. The van der Waals surface area contributed by atoms with Crippen LogP contribution in [0.25, 0.3) is 0 Å². The van der Waals surface area contributed by atoms with Gasteiger partial charge < -0.3 is 4.90 Å². The summed E-state index contributed by atoms with van der Waals surface area (Å²) in [5.74, 6) is -0.735. The summed E-state index contributed by atoms with van der Waals surface area (Å²) in [5, 5.41) is 0. The highest BCUT2D eigenvalue weighted by Gasteiger charge is 2.38. The molecule has 31 heavy (non-hydrogen) atoms. The molecule has 0 saturated carbocycles. The first-order valence-corrected chi connectivity index (χ1v) is 10.5. The number of anilines is 4. The fourth-order valence-electron chi connectivity index (χ4n) is 3.99. The van der Waals surface area contributed by atoms with Crippen LogP contribution in [0.5, 0.6) is 0 Å². The second-order valence-electron chi connectivity index (χ2n) is 7.15. The van der Waals surface area contributed by atoms with Gasteiger partial charge in [-0.15, -0.1) is 0 Å². The molecule has 0 N–H and O–H groups in total. The Labute approximate surface area is 182 Å². The second-order valence-corrected chi connectivity index (χ2v) is 8.23. The highest BCUT2D eigenvalue weighted by atomic mass is 32.2. The van der Waals surface area contributed by atoms with Gasteiger partial charge in [0.05, 0.1) is 40.6 Å². The van der Waals surface area contributed by atoms with Gasteiger partial charge in [-0.05, 0) is 42.5 Å². The molecule has 2 aliphatic rings. The number of hydrogen-bond acceptors (Lipinski definition) is 6. The Morgan fingerprint density at radius 2 is 1.26 bits per heavy atom. The molecule has 0 radical (unpaired) electrons. The molecule has 3 heterocycles. The van der Waals surface area contributed by atoms with Crippen molar-refractivity contribution in [2.45, 2.75) is 9.79 Å². The third-order valence-electron chi connectivity index (χ3n) is 5.37. The molecule has 6 nitrogen and oxygen atoms in total. The Bertz CT molecular complexity index is 1330. The molecule has 3 aromatic carbocycles. The predicted octanol–water partition coefficient (Wildman–Crippen LogP) is 5.21. The predicted molar refractivity (Wildman–Crippen MR) is 118 cm³/mol. The lowest BCUT2D eigenvalue weighted by Crippen LogP contribution is -2.29. The van der Waals surface area contributed by atoms with Crippen LogP contribution >= 0.6 is 11.8 Å². The number of benzene rings is 3. The normalized spacial score (nSPS) is 14.3.